The largest absolute Gasteiger partial charge is 0.353 e. The summed E-state index contributed by atoms with van der Waals surface area (Å²) in [6.07, 6.45) is 1.78. The first kappa shape index (κ1) is 14.9. The molecule has 1 saturated heterocycles. The van der Waals surface area contributed by atoms with Gasteiger partial charge in [0, 0.05) is 38.1 Å². The van der Waals surface area contributed by atoms with E-state index in [-0.39, 0.29) is 6.03 Å². The minimum absolute atomic E-state index is 0.115. The summed E-state index contributed by atoms with van der Waals surface area (Å²) < 4.78 is 0. The van der Waals surface area contributed by atoms with Crippen molar-refractivity contribution in [3.63, 3.8) is 0 Å². The van der Waals surface area contributed by atoms with Crippen LogP contribution in [-0.4, -0.2) is 42.1 Å². The minimum atomic E-state index is -0.115. The van der Waals surface area contributed by atoms with Crippen molar-refractivity contribution in [3.8, 4) is 6.07 Å². The van der Waals surface area contributed by atoms with E-state index in [1.165, 1.54) is 0 Å². The lowest BCUT2D eigenvalue weighted by atomic mass is 10.2. The molecule has 1 fully saturated rings. The topological polar surface area (TPSA) is 72.3 Å². The predicted octanol–water partition coefficient (Wildman–Crippen LogP) is 2.31. The summed E-state index contributed by atoms with van der Waals surface area (Å²) in [5, 5.41) is 11.6. The molecule has 0 radical (unpaired) electrons. The van der Waals surface area contributed by atoms with E-state index in [0.717, 1.165) is 18.9 Å². The molecular weight excluding hydrogens is 290 g/mol. The third-order valence-corrected chi connectivity index (χ3v) is 3.81. The number of benzene rings is 1. The Kier molecular flexibility index (Phi) is 4.39. The average Bonchev–Trinajstić information content (AvgIpc) is 2.63. The number of nitrogens with one attached hydrogen (secondary N) is 1. The van der Waals surface area contributed by atoms with Crippen LogP contribution in [0.15, 0.2) is 48.7 Å². The molecule has 6 heteroatoms. The molecule has 2 amide bonds. The molecule has 2 aromatic rings. The summed E-state index contributed by atoms with van der Waals surface area (Å²) >= 11 is 0. The molecule has 6 nitrogen and oxygen atoms in total. The number of piperazine rings is 1. The first-order valence-electron chi connectivity index (χ1n) is 7.48. The third kappa shape index (κ3) is 3.58. The first-order chi connectivity index (χ1) is 11.3. The molecule has 1 aliphatic rings. The van der Waals surface area contributed by atoms with E-state index in [2.05, 4.69) is 21.3 Å². The molecule has 0 spiro atoms. The highest BCUT2D eigenvalue weighted by Gasteiger charge is 2.21. The number of amides is 2. The lowest BCUT2D eigenvalue weighted by molar-refractivity contribution is 0.208. The van der Waals surface area contributed by atoms with Crippen LogP contribution in [0.4, 0.5) is 16.3 Å². The van der Waals surface area contributed by atoms with E-state index in [1.807, 2.05) is 18.2 Å². The molecule has 1 N–H and O–H groups in total. The Morgan fingerprint density at radius 1 is 1.09 bits per heavy atom. The highest BCUT2D eigenvalue weighted by Crippen LogP contribution is 2.14. The van der Waals surface area contributed by atoms with Crippen LogP contribution >= 0.6 is 0 Å². The van der Waals surface area contributed by atoms with Crippen molar-refractivity contribution in [2.24, 2.45) is 0 Å². The van der Waals surface area contributed by atoms with Gasteiger partial charge in [0.15, 0.2) is 0 Å². The Hall–Kier alpha value is -3.07. The number of rotatable bonds is 2. The van der Waals surface area contributed by atoms with Crippen molar-refractivity contribution in [1.82, 2.24) is 9.88 Å². The van der Waals surface area contributed by atoms with Gasteiger partial charge in [-0.3, -0.25) is 0 Å². The van der Waals surface area contributed by atoms with Crippen molar-refractivity contribution in [2.45, 2.75) is 0 Å². The molecule has 0 bridgehead atoms. The zero-order valence-electron chi connectivity index (χ0n) is 12.6. The fraction of sp³-hybridized carbons (Fsp3) is 0.235. The molecule has 0 saturated carbocycles. The van der Waals surface area contributed by atoms with Crippen molar-refractivity contribution in [2.75, 3.05) is 36.4 Å². The van der Waals surface area contributed by atoms with Gasteiger partial charge in [0.05, 0.1) is 11.6 Å². The quantitative estimate of drug-likeness (QED) is 0.924. The molecule has 2 heterocycles. The van der Waals surface area contributed by atoms with Crippen molar-refractivity contribution in [3.05, 3.63) is 54.2 Å². The second-order valence-corrected chi connectivity index (χ2v) is 5.28. The maximum atomic E-state index is 12.3. The lowest BCUT2D eigenvalue weighted by Crippen LogP contribution is -2.50. The third-order valence-electron chi connectivity index (χ3n) is 3.81. The van der Waals surface area contributed by atoms with Crippen LogP contribution in [0.5, 0.6) is 0 Å². The summed E-state index contributed by atoms with van der Waals surface area (Å²) in [5.74, 6) is 0.944. The summed E-state index contributed by atoms with van der Waals surface area (Å²) in [4.78, 5) is 20.6. The number of nitrogens with zero attached hydrogens (tertiary/aromatic N) is 4. The van der Waals surface area contributed by atoms with E-state index >= 15 is 0 Å². The molecule has 3 rings (SSSR count). The Morgan fingerprint density at radius 3 is 2.43 bits per heavy atom. The number of hydrogen-bond acceptors (Lipinski definition) is 4. The van der Waals surface area contributed by atoms with Gasteiger partial charge in [-0.15, -0.1) is 0 Å². The van der Waals surface area contributed by atoms with Crippen LogP contribution in [-0.2, 0) is 0 Å². The van der Waals surface area contributed by atoms with Crippen LogP contribution in [0.1, 0.15) is 5.56 Å². The Bertz CT molecular complexity index is 700. The van der Waals surface area contributed by atoms with Crippen molar-refractivity contribution in [1.29, 1.82) is 5.26 Å². The summed E-state index contributed by atoms with van der Waals surface area (Å²) in [7, 11) is 0. The van der Waals surface area contributed by atoms with E-state index in [0.29, 0.717) is 24.3 Å². The van der Waals surface area contributed by atoms with Crippen LogP contribution in [0, 0.1) is 11.3 Å². The van der Waals surface area contributed by atoms with Gasteiger partial charge in [-0.1, -0.05) is 6.07 Å². The Balaban J connectivity index is 1.55. The Morgan fingerprint density at radius 2 is 1.83 bits per heavy atom. The molecular formula is C17H17N5O. The number of carbonyl (C=O) groups excluding carboxylic acids is 1. The number of nitriles is 1. The number of urea groups is 1. The zero-order chi connectivity index (χ0) is 16.1. The molecule has 116 valence electrons. The first-order valence-corrected chi connectivity index (χ1v) is 7.48. The van der Waals surface area contributed by atoms with E-state index in [1.54, 1.807) is 35.4 Å². The van der Waals surface area contributed by atoms with Gasteiger partial charge < -0.3 is 15.1 Å². The Labute approximate surface area is 135 Å². The fourth-order valence-electron chi connectivity index (χ4n) is 2.51. The number of pyridine rings is 1. The predicted molar refractivity (Wildman–Crippen MR) is 88.2 cm³/mol. The average molecular weight is 307 g/mol. The van der Waals surface area contributed by atoms with Crippen LogP contribution < -0.4 is 10.2 Å². The van der Waals surface area contributed by atoms with Crippen LogP contribution in [0.25, 0.3) is 0 Å². The molecule has 0 unspecified atom stereocenters. The van der Waals surface area contributed by atoms with E-state index < -0.39 is 0 Å². The van der Waals surface area contributed by atoms with Gasteiger partial charge in [0.2, 0.25) is 0 Å². The fourth-order valence-corrected chi connectivity index (χ4v) is 2.51. The van der Waals surface area contributed by atoms with E-state index in [4.69, 9.17) is 5.26 Å². The van der Waals surface area contributed by atoms with Crippen LogP contribution in [0.3, 0.4) is 0 Å². The highest BCUT2D eigenvalue weighted by atomic mass is 16.2. The second-order valence-electron chi connectivity index (χ2n) is 5.28. The summed E-state index contributed by atoms with van der Waals surface area (Å²) in [5.41, 5.74) is 1.27. The van der Waals surface area contributed by atoms with Crippen molar-refractivity contribution >= 4 is 17.5 Å². The number of hydrogen-bond donors (Lipinski definition) is 1. The molecule has 1 aromatic carbocycles. The van der Waals surface area contributed by atoms with Crippen LogP contribution in [0.2, 0.25) is 0 Å². The van der Waals surface area contributed by atoms with Gasteiger partial charge in [-0.25, -0.2) is 9.78 Å². The van der Waals surface area contributed by atoms with Gasteiger partial charge >= 0.3 is 6.03 Å². The second kappa shape index (κ2) is 6.79. The maximum Gasteiger partial charge on any atom is 0.321 e. The van der Waals surface area contributed by atoms with E-state index in [9.17, 15) is 4.79 Å². The highest BCUT2D eigenvalue weighted by molar-refractivity contribution is 5.89. The summed E-state index contributed by atoms with van der Waals surface area (Å²) in [6.45, 7) is 2.83. The normalized spacial score (nSPS) is 14.2. The summed E-state index contributed by atoms with van der Waals surface area (Å²) in [6, 6.07) is 14.6. The van der Waals surface area contributed by atoms with Gasteiger partial charge in [0.1, 0.15) is 5.82 Å². The SMILES string of the molecule is N#Cc1ccc(NC(=O)N2CCN(c3ccccn3)CC2)cc1. The number of carbonyl (C=O) groups is 1. The van der Waals surface area contributed by atoms with Crippen molar-refractivity contribution < 1.29 is 4.79 Å². The molecule has 0 atom stereocenters. The smallest absolute Gasteiger partial charge is 0.321 e. The molecule has 0 aliphatic carbocycles. The lowest BCUT2D eigenvalue weighted by Gasteiger charge is -2.35. The molecule has 1 aliphatic heterocycles. The zero-order valence-corrected chi connectivity index (χ0v) is 12.6. The monoisotopic (exact) mass is 307 g/mol. The minimum Gasteiger partial charge on any atom is -0.353 e. The van der Waals surface area contributed by atoms with Gasteiger partial charge in [-0.2, -0.15) is 5.26 Å². The van der Waals surface area contributed by atoms with Gasteiger partial charge in [0.25, 0.3) is 0 Å². The molecule has 1 aromatic heterocycles. The number of aromatic nitrogens is 1. The number of anilines is 2. The molecule has 23 heavy (non-hydrogen) atoms. The van der Waals surface area contributed by atoms with Gasteiger partial charge in [-0.05, 0) is 36.4 Å². The standard InChI is InChI=1S/C17H17N5O/c18-13-14-4-6-15(7-5-14)20-17(23)22-11-9-21(10-12-22)16-3-1-2-8-19-16/h1-8H,9-12H2,(H,20,23). The maximum absolute atomic E-state index is 12.3.